The first-order valence-electron chi connectivity index (χ1n) is 5.57. The van der Waals surface area contributed by atoms with E-state index in [1.54, 1.807) is 18.2 Å². The number of ether oxygens (including phenoxy) is 1. The highest BCUT2D eigenvalue weighted by atomic mass is 35.5. The van der Waals surface area contributed by atoms with Gasteiger partial charge in [-0.05, 0) is 25.2 Å². The third-order valence-electron chi connectivity index (χ3n) is 2.51. The maximum absolute atomic E-state index is 5.99. The highest BCUT2D eigenvalue weighted by Gasteiger charge is 2.03. The van der Waals surface area contributed by atoms with Crippen LogP contribution in [-0.4, -0.2) is 31.1 Å². The Balaban J connectivity index is 2.45. The average Bonchev–Trinajstić information content (AvgIpc) is 2.29. The van der Waals surface area contributed by atoms with E-state index in [0.717, 1.165) is 19.6 Å². The number of nitrogens with zero attached hydrogens (tertiary/aromatic N) is 1. The van der Waals surface area contributed by atoms with Gasteiger partial charge in [-0.2, -0.15) is 0 Å². The van der Waals surface area contributed by atoms with Gasteiger partial charge < -0.3 is 15.4 Å². The van der Waals surface area contributed by atoms with Crippen LogP contribution in [0, 0.1) is 0 Å². The van der Waals surface area contributed by atoms with E-state index < -0.39 is 0 Å². The van der Waals surface area contributed by atoms with Gasteiger partial charge in [-0.3, -0.25) is 0 Å². The Kier molecular flexibility index (Phi) is 5.43. The number of benzene rings is 1. The van der Waals surface area contributed by atoms with Crippen molar-refractivity contribution in [3.05, 3.63) is 23.2 Å². The normalized spacial score (nSPS) is 10.8. The van der Waals surface area contributed by atoms with E-state index in [4.69, 9.17) is 22.1 Å². The van der Waals surface area contributed by atoms with Gasteiger partial charge in [0.2, 0.25) is 0 Å². The molecule has 0 heterocycles. The minimum Gasteiger partial charge on any atom is -0.491 e. The minimum absolute atomic E-state index is 0.605. The molecule has 3 nitrogen and oxygen atoms in total. The Morgan fingerprint density at radius 2 is 2.00 bits per heavy atom. The fourth-order valence-corrected chi connectivity index (χ4v) is 1.63. The molecule has 4 heteroatoms. The van der Waals surface area contributed by atoms with Gasteiger partial charge in [-0.1, -0.05) is 25.4 Å². The van der Waals surface area contributed by atoms with Crippen LogP contribution in [0.25, 0.3) is 0 Å². The number of rotatable bonds is 6. The average molecular weight is 243 g/mol. The largest absolute Gasteiger partial charge is 0.491 e. The van der Waals surface area contributed by atoms with Crippen LogP contribution in [0.5, 0.6) is 5.75 Å². The number of nitrogens with two attached hydrogens (primary N) is 1. The summed E-state index contributed by atoms with van der Waals surface area (Å²) in [5.74, 6) is 0.661. The van der Waals surface area contributed by atoms with Crippen LogP contribution in [0.2, 0.25) is 5.02 Å². The first-order chi connectivity index (χ1) is 7.67. The zero-order chi connectivity index (χ0) is 12.0. The summed E-state index contributed by atoms with van der Waals surface area (Å²) in [4.78, 5) is 2.29. The number of halogens is 1. The fourth-order valence-electron chi connectivity index (χ4n) is 1.46. The molecule has 0 aliphatic heterocycles. The molecule has 16 heavy (non-hydrogen) atoms. The first kappa shape index (κ1) is 13.1. The number of hydrogen-bond donors (Lipinski definition) is 1. The number of nitrogen functional groups attached to an aromatic ring is 1. The Labute approximate surface area is 102 Å². The molecular weight excluding hydrogens is 224 g/mol. The fraction of sp³-hybridized carbons (Fsp3) is 0.500. The summed E-state index contributed by atoms with van der Waals surface area (Å²) in [6.45, 7) is 7.87. The summed E-state index contributed by atoms with van der Waals surface area (Å²) in [6.07, 6.45) is 0. The van der Waals surface area contributed by atoms with Crippen molar-refractivity contribution >= 4 is 17.3 Å². The first-order valence-corrected chi connectivity index (χ1v) is 5.95. The molecule has 0 saturated carbocycles. The van der Waals surface area contributed by atoms with Gasteiger partial charge in [-0.15, -0.1) is 0 Å². The molecule has 0 aliphatic rings. The van der Waals surface area contributed by atoms with Gasteiger partial charge in [0.25, 0.3) is 0 Å². The van der Waals surface area contributed by atoms with Crippen LogP contribution in [0.4, 0.5) is 5.69 Å². The number of likely N-dealkylation sites (N-methyl/N-ethyl adjacent to an activating group) is 1. The standard InChI is InChI=1S/C12H19ClN2O/c1-3-15(4-2)7-8-16-12-9-10(14)5-6-11(12)13/h5-6,9H,3-4,7-8,14H2,1-2H3. The second-order valence-electron chi connectivity index (χ2n) is 3.57. The monoisotopic (exact) mass is 242 g/mol. The van der Waals surface area contributed by atoms with E-state index in [9.17, 15) is 0 Å². The zero-order valence-electron chi connectivity index (χ0n) is 9.87. The third kappa shape index (κ3) is 3.91. The Hall–Kier alpha value is -0.930. The molecule has 2 N–H and O–H groups in total. The van der Waals surface area contributed by atoms with E-state index in [1.165, 1.54) is 0 Å². The Bertz CT molecular complexity index is 327. The predicted molar refractivity (Wildman–Crippen MR) is 69.1 cm³/mol. The quantitative estimate of drug-likeness (QED) is 0.780. The van der Waals surface area contributed by atoms with E-state index in [2.05, 4.69) is 18.7 Å². The van der Waals surface area contributed by atoms with Crippen molar-refractivity contribution in [1.29, 1.82) is 0 Å². The minimum atomic E-state index is 0.605. The molecule has 0 radical (unpaired) electrons. The number of hydrogen-bond acceptors (Lipinski definition) is 3. The van der Waals surface area contributed by atoms with Gasteiger partial charge in [-0.25, -0.2) is 0 Å². The van der Waals surface area contributed by atoms with Crippen molar-refractivity contribution in [3.8, 4) is 5.75 Å². The smallest absolute Gasteiger partial charge is 0.140 e. The molecule has 0 aliphatic carbocycles. The molecule has 1 aromatic carbocycles. The summed E-state index contributed by atoms with van der Waals surface area (Å²) in [7, 11) is 0. The second-order valence-corrected chi connectivity index (χ2v) is 3.97. The lowest BCUT2D eigenvalue weighted by molar-refractivity contribution is 0.223. The van der Waals surface area contributed by atoms with Crippen molar-refractivity contribution in [2.24, 2.45) is 0 Å². The van der Waals surface area contributed by atoms with Crippen molar-refractivity contribution in [2.45, 2.75) is 13.8 Å². The summed E-state index contributed by atoms with van der Waals surface area (Å²) >= 11 is 5.99. The molecule has 1 aromatic rings. The van der Waals surface area contributed by atoms with Gasteiger partial charge in [0.15, 0.2) is 0 Å². The van der Waals surface area contributed by atoms with Crippen LogP contribution in [0.1, 0.15) is 13.8 Å². The second kappa shape index (κ2) is 6.61. The molecule has 0 unspecified atom stereocenters. The van der Waals surface area contributed by atoms with Crippen molar-refractivity contribution in [1.82, 2.24) is 4.90 Å². The van der Waals surface area contributed by atoms with Gasteiger partial charge >= 0.3 is 0 Å². The van der Waals surface area contributed by atoms with Crippen LogP contribution in [0.3, 0.4) is 0 Å². The van der Waals surface area contributed by atoms with Crippen LogP contribution in [-0.2, 0) is 0 Å². The van der Waals surface area contributed by atoms with E-state index >= 15 is 0 Å². The summed E-state index contributed by atoms with van der Waals surface area (Å²) in [6, 6.07) is 5.27. The molecule has 0 atom stereocenters. The van der Waals surface area contributed by atoms with E-state index in [1.807, 2.05) is 0 Å². The van der Waals surface area contributed by atoms with Crippen molar-refractivity contribution in [2.75, 3.05) is 32.0 Å². The van der Waals surface area contributed by atoms with Crippen molar-refractivity contribution in [3.63, 3.8) is 0 Å². The van der Waals surface area contributed by atoms with Crippen LogP contribution >= 0.6 is 11.6 Å². The number of anilines is 1. The van der Waals surface area contributed by atoms with Crippen LogP contribution < -0.4 is 10.5 Å². The molecule has 0 spiro atoms. The summed E-state index contributed by atoms with van der Waals surface area (Å²) in [5, 5.41) is 0.605. The highest BCUT2D eigenvalue weighted by molar-refractivity contribution is 6.32. The Morgan fingerprint density at radius 1 is 1.31 bits per heavy atom. The lowest BCUT2D eigenvalue weighted by Crippen LogP contribution is -2.27. The van der Waals surface area contributed by atoms with Gasteiger partial charge in [0.05, 0.1) is 5.02 Å². The molecule has 0 aromatic heterocycles. The maximum Gasteiger partial charge on any atom is 0.140 e. The molecule has 0 saturated heterocycles. The Morgan fingerprint density at radius 3 is 2.62 bits per heavy atom. The van der Waals surface area contributed by atoms with Gasteiger partial charge in [0, 0.05) is 18.3 Å². The highest BCUT2D eigenvalue weighted by Crippen LogP contribution is 2.26. The molecule has 1 rings (SSSR count). The molecule has 0 fully saturated rings. The van der Waals surface area contributed by atoms with Crippen molar-refractivity contribution < 1.29 is 4.74 Å². The third-order valence-corrected chi connectivity index (χ3v) is 2.83. The summed E-state index contributed by atoms with van der Waals surface area (Å²) < 4.78 is 5.60. The zero-order valence-corrected chi connectivity index (χ0v) is 10.6. The van der Waals surface area contributed by atoms with E-state index in [0.29, 0.717) is 23.1 Å². The lowest BCUT2D eigenvalue weighted by Gasteiger charge is -2.18. The predicted octanol–water partition coefficient (Wildman–Crippen LogP) is 2.64. The molecular formula is C12H19ClN2O. The van der Waals surface area contributed by atoms with E-state index in [-0.39, 0.29) is 0 Å². The molecule has 0 bridgehead atoms. The molecule has 0 amide bonds. The topological polar surface area (TPSA) is 38.5 Å². The molecule has 90 valence electrons. The summed E-state index contributed by atoms with van der Waals surface area (Å²) in [5.41, 5.74) is 6.33. The lowest BCUT2D eigenvalue weighted by atomic mass is 10.3. The van der Waals surface area contributed by atoms with Gasteiger partial charge in [0.1, 0.15) is 12.4 Å². The SMILES string of the molecule is CCN(CC)CCOc1cc(N)ccc1Cl. The maximum atomic E-state index is 5.99. The van der Waals surface area contributed by atoms with Crippen LogP contribution in [0.15, 0.2) is 18.2 Å².